The van der Waals surface area contributed by atoms with E-state index in [1.54, 1.807) is 6.92 Å². The fraction of sp³-hybridized carbons (Fsp3) is 0.667. The molecule has 0 amide bonds. The van der Waals surface area contributed by atoms with Crippen molar-refractivity contribution in [1.82, 2.24) is 9.80 Å². The van der Waals surface area contributed by atoms with Gasteiger partial charge in [-0.3, -0.25) is 19.4 Å². The van der Waals surface area contributed by atoms with Gasteiger partial charge < -0.3 is 18.9 Å². The molecule has 202 valence electrons. The highest BCUT2D eigenvalue weighted by molar-refractivity contribution is 5.73. The molecule has 1 aromatic carbocycles. The van der Waals surface area contributed by atoms with Gasteiger partial charge in [-0.2, -0.15) is 0 Å². The van der Waals surface area contributed by atoms with Gasteiger partial charge in [0.15, 0.2) is 0 Å². The second-order valence-electron chi connectivity index (χ2n) is 11.0. The minimum absolute atomic E-state index is 0.0505. The lowest BCUT2D eigenvalue weighted by Gasteiger charge is -2.38. The van der Waals surface area contributed by atoms with Crippen molar-refractivity contribution in [3.05, 3.63) is 35.9 Å². The predicted molar refractivity (Wildman–Crippen MR) is 135 cm³/mol. The van der Waals surface area contributed by atoms with Crippen LogP contribution in [-0.2, 0) is 38.9 Å². The maximum Gasteiger partial charge on any atom is 0.332 e. The second-order valence-corrected chi connectivity index (χ2v) is 11.0. The second kappa shape index (κ2) is 12.7. The average molecular weight is 507 g/mol. The lowest BCUT2D eigenvalue weighted by Crippen LogP contribution is -2.49. The maximum absolute atomic E-state index is 12.7. The molecule has 2 rings (SSSR count). The van der Waals surface area contributed by atoms with Gasteiger partial charge in [0.2, 0.25) is 0 Å². The topological polar surface area (TPSA) is 94.6 Å². The summed E-state index contributed by atoms with van der Waals surface area (Å²) >= 11 is 0. The van der Waals surface area contributed by atoms with Crippen LogP contribution in [-0.4, -0.2) is 91.4 Å². The van der Waals surface area contributed by atoms with E-state index in [1.165, 1.54) is 0 Å². The summed E-state index contributed by atoms with van der Waals surface area (Å²) in [6, 6.07) is 9.54. The van der Waals surface area contributed by atoms with Crippen LogP contribution in [0.15, 0.2) is 30.3 Å². The molecule has 0 N–H and O–H groups in total. The van der Waals surface area contributed by atoms with Crippen LogP contribution in [0.5, 0.6) is 0 Å². The Morgan fingerprint density at radius 3 is 1.69 bits per heavy atom. The van der Waals surface area contributed by atoms with Crippen LogP contribution in [0.2, 0.25) is 0 Å². The molecule has 36 heavy (non-hydrogen) atoms. The molecule has 0 spiro atoms. The first-order valence-electron chi connectivity index (χ1n) is 12.4. The van der Waals surface area contributed by atoms with Crippen LogP contribution in [0.25, 0.3) is 0 Å². The Kier molecular flexibility index (Phi) is 10.5. The molecule has 1 aliphatic heterocycles. The van der Waals surface area contributed by atoms with Crippen LogP contribution >= 0.6 is 0 Å². The van der Waals surface area contributed by atoms with Gasteiger partial charge in [0.05, 0.1) is 19.7 Å². The van der Waals surface area contributed by atoms with E-state index in [0.717, 1.165) is 5.56 Å². The van der Waals surface area contributed by atoms with Crippen molar-refractivity contribution in [3.8, 4) is 0 Å². The van der Waals surface area contributed by atoms with E-state index in [9.17, 15) is 14.4 Å². The Morgan fingerprint density at radius 1 is 0.806 bits per heavy atom. The fourth-order valence-electron chi connectivity index (χ4n) is 4.09. The Morgan fingerprint density at radius 2 is 1.28 bits per heavy atom. The van der Waals surface area contributed by atoms with E-state index >= 15 is 0 Å². The van der Waals surface area contributed by atoms with Crippen LogP contribution in [0, 0.1) is 0 Å². The number of hydrogen-bond donors (Lipinski definition) is 0. The molecule has 0 aliphatic carbocycles. The largest absolute Gasteiger partial charge is 0.464 e. The van der Waals surface area contributed by atoms with Crippen molar-refractivity contribution in [2.24, 2.45) is 0 Å². The Hall–Kier alpha value is -2.49. The highest BCUT2D eigenvalue weighted by Crippen LogP contribution is 2.31. The van der Waals surface area contributed by atoms with E-state index in [1.807, 2.05) is 81.7 Å². The zero-order chi connectivity index (χ0) is 27.0. The highest BCUT2D eigenvalue weighted by Gasteiger charge is 2.41. The van der Waals surface area contributed by atoms with Crippen LogP contribution in [0.3, 0.4) is 0 Å². The van der Waals surface area contributed by atoms with E-state index in [0.29, 0.717) is 26.2 Å². The molecule has 9 nitrogen and oxygen atoms in total. The SMILES string of the molecule is CCOC(=O)COC1(c2ccccc2)CN(CC(=O)OC(C)(C)C)CCN(CC(=O)OC(C)(C)C)C1. The standard InChI is InChI=1S/C27H42N2O7/c1-8-33-24(32)18-34-27(21-12-10-9-11-13-21)19-28(16-22(30)35-25(2,3)4)14-15-29(20-27)17-23(31)36-26(5,6)7/h9-13H,8,14-20H2,1-7H3. The summed E-state index contributed by atoms with van der Waals surface area (Å²) in [7, 11) is 0. The molecule has 0 atom stereocenters. The van der Waals surface area contributed by atoms with Crippen LogP contribution in [0.1, 0.15) is 54.0 Å². The van der Waals surface area contributed by atoms with E-state index in [2.05, 4.69) is 0 Å². The zero-order valence-electron chi connectivity index (χ0n) is 22.8. The first-order chi connectivity index (χ1) is 16.7. The molecule has 0 unspecified atom stereocenters. The molecule has 1 saturated heterocycles. The molecule has 0 radical (unpaired) electrons. The Bertz CT molecular complexity index is 834. The fourth-order valence-corrected chi connectivity index (χ4v) is 4.09. The van der Waals surface area contributed by atoms with Gasteiger partial charge in [0, 0.05) is 26.2 Å². The first-order valence-corrected chi connectivity index (χ1v) is 12.4. The third-order valence-electron chi connectivity index (χ3n) is 5.31. The van der Waals surface area contributed by atoms with Gasteiger partial charge in [-0.25, -0.2) is 4.79 Å². The maximum atomic E-state index is 12.7. The quantitative estimate of drug-likeness (QED) is 0.370. The summed E-state index contributed by atoms with van der Waals surface area (Å²) in [6.45, 7) is 14.4. The van der Waals surface area contributed by atoms with E-state index < -0.39 is 22.8 Å². The first kappa shape index (κ1) is 29.7. The summed E-state index contributed by atoms with van der Waals surface area (Å²) in [4.78, 5) is 41.5. The smallest absolute Gasteiger partial charge is 0.332 e. The van der Waals surface area contributed by atoms with E-state index in [4.69, 9.17) is 18.9 Å². The minimum Gasteiger partial charge on any atom is -0.464 e. The molecular weight excluding hydrogens is 464 g/mol. The van der Waals surface area contributed by atoms with E-state index in [-0.39, 0.29) is 38.2 Å². The van der Waals surface area contributed by atoms with Crippen LogP contribution in [0.4, 0.5) is 0 Å². The summed E-state index contributed by atoms with van der Waals surface area (Å²) < 4.78 is 22.5. The van der Waals surface area contributed by atoms with Crippen molar-refractivity contribution < 1.29 is 33.3 Å². The van der Waals surface area contributed by atoms with Crippen molar-refractivity contribution in [2.75, 3.05) is 52.5 Å². The predicted octanol–water partition coefficient (Wildman–Crippen LogP) is 2.76. The normalized spacial score (nSPS) is 17.2. The number of nitrogens with zero attached hydrogens (tertiary/aromatic N) is 2. The molecule has 0 saturated carbocycles. The highest BCUT2D eigenvalue weighted by atomic mass is 16.6. The summed E-state index contributed by atoms with van der Waals surface area (Å²) in [6.07, 6.45) is 0. The summed E-state index contributed by atoms with van der Waals surface area (Å²) in [5, 5.41) is 0. The minimum atomic E-state index is -1.01. The van der Waals surface area contributed by atoms with Gasteiger partial charge in [-0.15, -0.1) is 0 Å². The van der Waals surface area contributed by atoms with Gasteiger partial charge in [-0.05, 0) is 54.0 Å². The molecule has 1 fully saturated rings. The molecule has 1 aromatic rings. The summed E-state index contributed by atoms with van der Waals surface area (Å²) in [5.74, 6) is -1.18. The number of esters is 3. The van der Waals surface area contributed by atoms with Crippen molar-refractivity contribution >= 4 is 17.9 Å². The number of hydrogen-bond acceptors (Lipinski definition) is 9. The number of rotatable bonds is 9. The van der Waals surface area contributed by atoms with Gasteiger partial charge >= 0.3 is 17.9 Å². The Balaban J connectivity index is 2.38. The van der Waals surface area contributed by atoms with Gasteiger partial charge in [-0.1, -0.05) is 30.3 Å². The van der Waals surface area contributed by atoms with Gasteiger partial charge in [0.1, 0.15) is 23.4 Å². The lowest BCUT2D eigenvalue weighted by molar-refractivity contribution is -0.164. The van der Waals surface area contributed by atoms with Crippen LogP contribution < -0.4 is 0 Å². The molecule has 0 aromatic heterocycles. The number of benzene rings is 1. The Labute approximate surface area is 215 Å². The molecule has 1 aliphatic rings. The number of carbonyl (C=O) groups excluding carboxylic acids is 3. The molecule has 1 heterocycles. The molecular formula is C27H42N2O7. The zero-order valence-corrected chi connectivity index (χ0v) is 22.8. The number of carbonyl (C=O) groups is 3. The third kappa shape index (κ3) is 10.2. The molecule has 9 heteroatoms. The molecule has 0 bridgehead atoms. The average Bonchev–Trinajstić information content (AvgIpc) is 2.90. The van der Waals surface area contributed by atoms with Crippen molar-refractivity contribution in [1.29, 1.82) is 0 Å². The third-order valence-corrected chi connectivity index (χ3v) is 5.31. The summed E-state index contributed by atoms with van der Waals surface area (Å²) in [5.41, 5.74) is -1.39. The number of ether oxygens (including phenoxy) is 4. The lowest BCUT2D eigenvalue weighted by atomic mass is 9.92. The van der Waals surface area contributed by atoms with Gasteiger partial charge in [0.25, 0.3) is 0 Å². The monoisotopic (exact) mass is 506 g/mol. The van der Waals surface area contributed by atoms with Crippen molar-refractivity contribution in [2.45, 2.75) is 65.3 Å². The van der Waals surface area contributed by atoms with Crippen molar-refractivity contribution in [3.63, 3.8) is 0 Å².